The molecule has 0 saturated carbocycles. The van der Waals surface area contributed by atoms with E-state index in [1.54, 1.807) is 0 Å². The highest BCUT2D eigenvalue weighted by atomic mass is 79.9. The summed E-state index contributed by atoms with van der Waals surface area (Å²) in [4.78, 5) is 0.383. The van der Waals surface area contributed by atoms with Gasteiger partial charge in [0.05, 0.1) is 23.9 Å². The Morgan fingerprint density at radius 3 is 2.50 bits per heavy atom. The quantitative estimate of drug-likeness (QED) is 0.603. The van der Waals surface area contributed by atoms with Crippen LogP contribution in [0.5, 0.6) is 0 Å². The first kappa shape index (κ1) is 17.0. The molecular weight excluding hydrogens is 387 g/mol. The van der Waals surface area contributed by atoms with Gasteiger partial charge < -0.3 is 9.47 Å². The van der Waals surface area contributed by atoms with Crippen molar-refractivity contribution in [2.45, 2.75) is 62.4 Å². The molecule has 2 aliphatic heterocycles. The minimum atomic E-state index is -0.244. The van der Waals surface area contributed by atoms with E-state index in [-0.39, 0.29) is 17.3 Å². The number of rotatable bonds is 4. The van der Waals surface area contributed by atoms with Gasteiger partial charge in [0.15, 0.2) is 0 Å². The summed E-state index contributed by atoms with van der Waals surface area (Å²) in [7, 11) is 0. The predicted molar refractivity (Wildman–Crippen MR) is 94.0 cm³/mol. The standard InChI is InChI=1S/C17H21BrCl2O2/c1-10(2)17-8-15(16(3,22-17)7-14(17)18)21-9-11-12(19)5-4-6-13(11)20/h4-6,10,14-15H,7-9H2,1-3H3/t14-,15+,16-,17+/m0/s1. The van der Waals surface area contributed by atoms with Crippen molar-refractivity contribution in [3.63, 3.8) is 0 Å². The van der Waals surface area contributed by atoms with Gasteiger partial charge in [-0.05, 0) is 31.4 Å². The molecule has 2 nitrogen and oxygen atoms in total. The third-order valence-electron chi connectivity index (χ3n) is 5.19. The van der Waals surface area contributed by atoms with E-state index in [4.69, 9.17) is 32.7 Å². The van der Waals surface area contributed by atoms with Crippen molar-refractivity contribution in [3.8, 4) is 0 Å². The van der Waals surface area contributed by atoms with Crippen LogP contribution in [-0.2, 0) is 16.1 Å². The summed E-state index contributed by atoms with van der Waals surface area (Å²) < 4.78 is 12.6. The second-order valence-electron chi connectivity index (χ2n) is 6.90. The van der Waals surface area contributed by atoms with Crippen LogP contribution in [0.4, 0.5) is 0 Å². The first-order valence-electron chi connectivity index (χ1n) is 7.67. The van der Waals surface area contributed by atoms with Crippen LogP contribution >= 0.6 is 39.1 Å². The van der Waals surface area contributed by atoms with Gasteiger partial charge in [-0.1, -0.05) is 59.0 Å². The molecule has 0 spiro atoms. The molecule has 22 heavy (non-hydrogen) atoms. The van der Waals surface area contributed by atoms with Gasteiger partial charge in [-0.3, -0.25) is 0 Å². The number of hydrogen-bond acceptors (Lipinski definition) is 2. The van der Waals surface area contributed by atoms with Crippen LogP contribution in [0.25, 0.3) is 0 Å². The summed E-state index contributed by atoms with van der Waals surface area (Å²) >= 11 is 16.3. The fourth-order valence-corrected chi connectivity index (χ4v) is 5.70. The van der Waals surface area contributed by atoms with E-state index in [9.17, 15) is 0 Å². The van der Waals surface area contributed by atoms with E-state index in [2.05, 4.69) is 36.7 Å². The van der Waals surface area contributed by atoms with Gasteiger partial charge in [0.1, 0.15) is 0 Å². The summed E-state index contributed by atoms with van der Waals surface area (Å²) in [5, 5.41) is 1.30. The van der Waals surface area contributed by atoms with E-state index >= 15 is 0 Å². The summed E-state index contributed by atoms with van der Waals surface area (Å²) in [6.45, 7) is 7.00. The Kier molecular flexibility index (Phi) is 4.59. The Balaban J connectivity index is 1.75. The summed E-state index contributed by atoms with van der Waals surface area (Å²) in [5.41, 5.74) is 0.474. The molecule has 0 amide bonds. The fourth-order valence-electron chi connectivity index (χ4n) is 3.75. The zero-order valence-electron chi connectivity index (χ0n) is 13.0. The van der Waals surface area contributed by atoms with Crippen molar-refractivity contribution >= 4 is 39.1 Å². The van der Waals surface area contributed by atoms with Gasteiger partial charge in [0, 0.05) is 26.9 Å². The maximum atomic E-state index is 6.44. The van der Waals surface area contributed by atoms with Crippen LogP contribution in [0, 0.1) is 5.92 Å². The van der Waals surface area contributed by atoms with Crippen LogP contribution in [0.15, 0.2) is 18.2 Å². The molecule has 2 heterocycles. The molecule has 122 valence electrons. The molecule has 2 fully saturated rings. The molecule has 2 aliphatic rings. The highest BCUT2D eigenvalue weighted by Crippen LogP contribution is 2.57. The van der Waals surface area contributed by atoms with Crippen LogP contribution < -0.4 is 0 Å². The van der Waals surface area contributed by atoms with Gasteiger partial charge in [-0.15, -0.1) is 0 Å². The first-order valence-corrected chi connectivity index (χ1v) is 9.34. The van der Waals surface area contributed by atoms with Crippen molar-refractivity contribution in [2.75, 3.05) is 0 Å². The van der Waals surface area contributed by atoms with Crippen molar-refractivity contribution in [2.24, 2.45) is 5.92 Å². The lowest BCUT2D eigenvalue weighted by Gasteiger charge is -2.35. The molecule has 0 unspecified atom stereocenters. The van der Waals surface area contributed by atoms with Crippen molar-refractivity contribution in [1.82, 2.24) is 0 Å². The summed E-state index contributed by atoms with van der Waals surface area (Å²) in [6, 6.07) is 5.53. The summed E-state index contributed by atoms with van der Waals surface area (Å²) in [6.07, 6.45) is 1.93. The Morgan fingerprint density at radius 1 is 1.32 bits per heavy atom. The SMILES string of the molecule is CC(C)[C@]12C[C@@H](OCc3c(Cl)cccc3Cl)[C@](C)(C[C@@H]1Br)O2. The number of benzene rings is 1. The van der Waals surface area contributed by atoms with Gasteiger partial charge in [0.25, 0.3) is 0 Å². The number of hydrogen-bond donors (Lipinski definition) is 0. The molecule has 1 aromatic carbocycles. The van der Waals surface area contributed by atoms with Crippen LogP contribution in [0.2, 0.25) is 10.0 Å². The lowest BCUT2D eigenvalue weighted by Crippen LogP contribution is -2.44. The molecule has 1 aromatic rings. The molecule has 0 radical (unpaired) electrons. The van der Waals surface area contributed by atoms with Gasteiger partial charge in [0.2, 0.25) is 0 Å². The first-order chi connectivity index (χ1) is 10.3. The minimum Gasteiger partial charge on any atom is -0.370 e. The number of ether oxygens (including phenoxy) is 2. The Bertz CT molecular complexity index is 560. The molecule has 0 aliphatic carbocycles. The summed E-state index contributed by atoms with van der Waals surface area (Å²) in [5.74, 6) is 0.441. The molecule has 2 bridgehead atoms. The zero-order valence-corrected chi connectivity index (χ0v) is 16.1. The van der Waals surface area contributed by atoms with Crippen LogP contribution in [-0.4, -0.2) is 22.1 Å². The van der Waals surface area contributed by atoms with E-state index in [0.717, 1.165) is 18.4 Å². The second-order valence-corrected chi connectivity index (χ2v) is 8.82. The predicted octanol–water partition coefficient (Wildman–Crippen LogP) is 5.62. The van der Waals surface area contributed by atoms with Crippen LogP contribution in [0.3, 0.4) is 0 Å². The molecule has 2 saturated heterocycles. The lowest BCUT2D eigenvalue weighted by molar-refractivity contribution is -0.0955. The van der Waals surface area contributed by atoms with Gasteiger partial charge in [-0.2, -0.15) is 0 Å². The average Bonchev–Trinajstić information content (AvgIpc) is 2.86. The largest absolute Gasteiger partial charge is 0.370 e. The molecular formula is C17H21BrCl2O2. The Morgan fingerprint density at radius 2 is 1.95 bits per heavy atom. The maximum Gasteiger partial charge on any atom is 0.0936 e. The molecule has 3 rings (SSSR count). The van der Waals surface area contributed by atoms with Crippen molar-refractivity contribution in [1.29, 1.82) is 0 Å². The number of fused-ring (bicyclic) bond motifs is 2. The van der Waals surface area contributed by atoms with E-state index in [0.29, 0.717) is 27.4 Å². The molecule has 0 N–H and O–H groups in total. The topological polar surface area (TPSA) is 18.5 Å². The highest BCUT2D eigenvalue weighted by molar-refractivity contribution is 9.09. The molecule has 0 aromatic heterocycles. The van der Waals surface area contributed by atoms with Crippen molar-refractivity contribution in [3.05, 3.63) is 33.8 Å². The maximum absolute atomic E-state index is 6.44. The lowest BCUT2D eigenvalue weighted by atomic mass is 9.75. The zero-order chi connectivity index (χ0) is 16.1. The second kappa shape index (κ2) is 5.93. The normalized spacial score (nSPS) is 37.2. The van der Waals surface area contributed by atoms with E-state index in [1.807, 2.05) is 18.2 Å². The van der Waals surface area contributed by atoms with Crippen LogP contribution in [0.1, 0.15) is 39.2 Å². The monoisotopic (exact) mass is 406 g/mol. The molecule has 5 heteroatoms. The fraction of sp³-hybridized carbons (Fsp3) is 0.647. The third kappa shape index (κ3) is 2.63. The number of halogens is 3. The Labute approximate surface area is 150 Å². The Hall–Kier alpha value is 0.200. The third-order valence-corrected chi connectivity index (χ3v) is 7.00. The van der Waals surface area contributed by atoms with E-state index in [1.165, 1.54) is 0 Å². The average molecular weight is 408 g/mol. The smallest absolute Gasteiger partial charge is 0.0936 e. The van der Waals surface area contributed by atoms with Crippen molar-refractivity contribution < 1.29 is 9.47 Å². The van der Waals surface area contributed by atoms with E-state index < -0.39 is 0 Å². The van der Waals surface area contributed by atoms with Gasteiger partial charge in [-0.25, -0.2) is 0 Å². The number of alkyl halides is 1. The van der Waals surface area contributed by atoms with Gasteiger partial charge >= 0.3 is 0 Å². The minimum absolute atomic E-state index is 0.0658. The molecule has 4 atom stereocenters. The highest BCUT2D eigenvalue weighted by Gasteiger charge is 2.65.